The summed E-state index contributed by atoms with van der Waals surface area (Å²) in [5.74, 6) is -0.152. The van der Waals surface area contributed by atoms with Crippen molar-refractivity contribution in [2.24, 2.45) is 0 Å². The van der Waals surface area contributed by atoms with Crippen molar-refractivity contribution in [3.05, 3.63) is 0 Å². The number of unbranched alkanes of at least 4 members (excludes halogenated alkanes) is 4. The number of aliphatic hydroxyl groups excluding tert-OH is 1. The Bertz CT molecular complexity index is 203. The van der Waals surface area contributed by atoms with Crippen LogP contribution in [0.4, 0.5) is 0 Å². The Morgan fingerprint density at radius 1 is 1.38 bits per heavy atom. The maximum Gasteiger partial charge on any atom is 0.306 e. The molecule has 0 unspecified atom stereocenters. The van der Waals surface area contributed by atoms with Gasteiger partial charge < -0.3 is 9.84 Å². The van der Waals surface area contributed by atoms with Crippen molar-refractivity contribution in [1.82, 2.24) is 0 Å². The van der Waals surface area contributed by atoms with Crippen LogP contribution < -0.4 is 0 Å². The quantitative estimate of drug-likeness (QED) is 0.538. The molecule has 16 heavy (non-hydrogen) atoms. The first-order valence-electron chi connectivity index (χ1n) is 6.61. The van der Waals surface area contributed by atoms with E-state index in [-0.39, 0.29) is 12.1 Å². The smallest absolute Gasteiger partial charge is 0.306 e. The number of carbonyl (C=O) groups is 1. The molecule has 3 nitrogen and oxygen atoms in total. The minimum Gasteiger partial charge on any atom is -0.460 e. The third kappa shape index (κ3) is 4.97. The van der Waals surface area contributed by atoms with Crippen molar-refractivity contribution in [1.29, 1.82) is 0 Å². The summed E-state index contributed by atoms with van der Waals surface area (Å²) in [5.41, 5.74) is 0. The van der Waals surface area contributed by atoms with E-state index in [2.05, 4.69) is 6.92 Å². The summed E-state index contributed by atoms with van der Waals surface area (Å²) in [6.07, 6.45) is 8.23. The predicted octanol–water partition coefficient (Wildman–Crippen LogP) is 2.80. The summed E-state index contributed by atoms with van der Waals surface area (Å²) in [6.45, 7) is 2.19. The highest BCUT2D eigenvalue weighted by atomic mass is 16.6. The van der Waals surface area contributed by atoms with Crippen LogP contribution in [0.15, 0.2) is 0 Å². The number of rotatable bonds is 7. The number of ether oxygens (including phenoxy) is 1. The molecule has 1 aliphatic rings. The molecule has 0 aromatic rings. The molecule has 0 radical (unpaired) electrons. The molecule has 3 heteroatoms. The second kappa shape index (κ2) is 7.66. The standard InChI is InChI=1S/C13H24O3/c1-2-3-4-5-6-8-11(14)12-9-7-10-13(15)16-12/h11-12,14H,2-10H2,1H3/t11-,12-/m0/s1. The van der Waals surface area contributed by atoms with Gasteiger partial charge in [0.1, 0.15) is 6.10 Å². The van der Waals surface area contributed by atoms with E-state index in [1.807, 2.05) is 0 Å². The Balaban J connectivity index is 2.09. The highest BCUT2D eigenvalue weighted by Gasteiger charge is 2.26. The Labute approximate surface area is 98.2 Å². The summed E-state index contributed by atoms with van der Waals surface area (Å²) < 4.78 is 5.14. The van der Waals surface area contributed by atoms with Crippen LogP contribution >= 0.6 is 0 Å². The fourth-order valence-corrected chi connectivity index (χ4v) is 2.15. The fourth-order valence-electron chi connectivity index (χ4n) is 2.15. The maximum atomic E-state index is 11.1. The lowest BCUT2D eigenvalue weighted by Crippen LogP contribution is -2.34. The first-order chi connectivity index (χ1) is 7.74. The van der Waals surface area contributed by atoms with E-state index >= 15 is 0 Å². The van der Waals surface area contributed by atoms with Crippen LogP contribution in [-0.4, -0.2) is 23.3 Å². The topological polar surface area (TPSA) is 46.5 Å². The molecule has 2 atom stereocenters. The van der Waals surface area contributed by atoms with Gasteiger partial charge >= 0.3 is 5.97 Å². The molecule has 1 heterocycles. The molecule has 0 aromatic carbocycles. The molecule has 1 fully saturated rings. The second-order valence-electron chi connectivity index (χ2n) is 4.69. The maximum absolute atomic E-state index is 11.1. The summed E-state index contributed by atoms with van der Waals surface area (Å²) in [4.78, 5) is 11.1. The predicted molar refractivity (Wildman–Crippen MR) is 63.1 cm³/mol. The van der Waals surface area contributed by atoms with Crippen molar-refractivity contribution in [3.63, 3.8) is 0 Å². The van der Waals surface area contributed by atoms with E-state index in [4.69, 9.17) is 4.74 Å². The van der Waals surface area contributed by atoms with Gasteiger partial charge in [-0.2, -0.15) is 0 Å². The van der Waals surface area contributed by atoms with Gasteiger partial charge in [0, 0.05) is 6.42 Å². The van der Waals surface area contributed by atoms with Crippen molar-refractivity contribution in [2.45, 2.75) is 76.9 Å². The molecule has 1 N–H and O–H groups in total. The Morgan fingerprint density at radius 3 is 2.81 bits per heavy atom. The molecule has 0 bridgehead atoms. The number of carbonyl (C=O) groups excluding carboxylic acids is 1. The zero-order chi connectivity index (χ0) is 11.8. The molecule has 1 aliphatic heterocycles. The minimum atomic E-state index is -0.453. The van der Waals surface area contributed by atoms with E-state index in [0.717, 1.165) is 25.7 Å². The van der Waals surface area contributed by atoms with Crippen molar-refractivity contribution >= 4 is 5.97 Å². The van der Waals surface area contributed by atoms with Crippen LogP contribution in [0, 0.1) is 0 Å². The number of hydrogen-bond donors (Lipinski definition) is 1. The van der Waals surface area contributed by atoms with Crippen LogP contribution in [0.2, 0.25) is 0 Å². The van der Waals surface area contributed by atoms with Gasteiger partial charge in [-0.05, 0) is 19.3 Å². The van der Waals surface area contributed by atoms with E-state index in [0.29, 0.717) is 6.42 Å². The van der Waals surface area contributed by atoms with Crippen molar-refractivity contribution in [2.75, 3.05) is 0 Å². The molecule has 1 saturated heterocycles. The number of hydrogen-bond acceptors (Lipinski definition) is 3. The highest BCUT2D eigenvalue weighted by Crippen LogP contribution is 2.20. The molecule has 0 aromatic heterocycles. The highest BCUT2D eigenvalue weighted by molar-refractivity contribution is 5.70. The van der Waals surface area contributed by atoms with E-state index in [1.54, 1.807) is 0 Å². The van der Waals surface area contributed by atoms with Gasteiger partial charge in [0.2, 0.25) is 0 Å². The lowest BCUT2D eigenvalue weighted by atomic mass is 9.99. The van der Waals surface area contributed by atoms with Crippen LogP contribution in [-0.2, 0) is 9.53 Å². The number of aliphatic hydroxyl groups is 1. The summed E-state index contributed by atoms with van der Waals surface area (Å²) >= 11 is 0. The summed E-state index contributed by atoms with van der Waals surface area (Å²) in [6, 6.07) is 0. The van der Waals surface area contributed by atoms with Crippen molar-refractivity contribution < 1.29 is 14.6 Å². The third-order valence-electron chi connectivity index (χ3n) is 3.18. The van der Waals surface area contributed by atoms with Crippen molar-refractivity contribution in [3.8, 4) is 0 Å². The summed E-state index contributed by atoms with van der Waals surface area (Å²) in [5, 5.41) is 9.87. The molecule has 94 valence electrons. The normalized spacial score (nSPS) is 22.9. The molecule has 1 rings (SSSR count). The van der Waals surface area contributed by atoms with Gasteiger partial charge in [-0.1, -0.05) is 39.0 Å². The Kier molecular flexibility index (Phi) is 6.46. The lowest BCUT2D eigenvalue weighted by molar-refractivity contribution is -0.161. The molecule has 0 spiro atoms. The Hall–Kier alpha value is -0.570. The molecular weight excluding hydrogens is 204 g/mol. The number of esters is 1. The van der Waals surface area contributed by atoms with Gasteiger partial charge in [0.25, 0.3) is 0 Å². The average molecular weight is 228 g/mol. The third-order valence-corrected chi connectivity index (χ3v) is 3.18. The van der Waals surface area contributed by atoms with E-state index < -0.39 is 6.10 Å². The number of cyclic esters (lactones) is 1. The van der Waals surface area contributed by atoms with Gasteiger partial charge in [-0.15, -0.1) is 0 Å². The lowest BCUT2D eigenvalue weighted by Gasteiger charge is -2.26. The molecular formula is C13H24O3. The Morgan fingerprint density at radius 2 is 2.12 bits per heavy atom. The van der Waals surface area contributed by atoms with E-state index in [9.17, 15) is 9.90 Å². The molecule has 0 amide bonds. The monoisotopic (exact) mass is 228 g/mol. The van der Waals surface area contributed by atoms with Crippen LogP contribution in [0.3, 0.4) is 0 Å². The zero-order valence-corrected chi connectivity index (χ0v) is 10.3. The minimum absolute atomic E-state index is 0.152. The fraction of sp³-hybridized carbons (Fsp3) is 0.923. The average Bonchev–Trinajstić information content (AvgIpc) is 2.28. The van der Waals surface area contributed by atoms with Gasteiger partial charge in [0.15, 0.2) is 0 Å². The summed E-state index contributed by atoms with van der Waals surface area (Å²) in [7, 11) is 0. The van der Waals surface area contributed by atoms with E-state index in [1.165, 1.54) is 25.7 Å². The molecule has 0 aliphatic carbocycles. The van der Waals surface area contributed by atoms with Gasteiger partial charge in [-0.3, -0.25) is 4.79 Å². The first kappa shape index (κ1) is 13.5. The first-order valence-corrected chi connectivity index (χ1v) is 6.61. The SMILES string of the molecule is CCCCCCC[C@H](O)[C@@H]1CCCC(=O)O1. The molecule has 0 saturated carbocycles. The second-order valence-corrected chi connectivity index (χ2v) is 4.69. The van der Waals surface area contributed by atoms with Crippen LogP contribution in [0.1, 0.15) is 64.7 Å². The van der Waals surface area contributed by atoms with Gasteiger partial charge in [-0.25, -0.2) is 0 Å². The van der Waals surface area contributed by atoms with Crippen LogP contribution in [0.25, 0.3) is 0 Å². The van der Waals surface area contributed by atoms with Crippen LogP contribution in [0.5, 0.6) is 0 Å². The zero-order valence-electron chi connectivity index (χ0n) is 10.3. The van der Waals surface area contributed by atoms with Gasteiger partial charge in [0.05, 0.1) is 6.10 Å². The largest absolute Gasteiger partial charge is 0.460 e.